The van der Waals surface area contributed by atoms with Crippen LogP contribution in [-0.4, -0.2) is 31.5 Å². The van der Waals surface area contributed by atoms with E-state index in [1.165, 1.54) is 16.4 Å². The fourth-order valence-electron chi connectivity index (χ4n) is 2.57. The van der Waals surface area contributed by atoms with E-state index in [2.05, 4.69) is 27.4 Å². The summed E-state index contributed by atoms with van der Waals surface area (Å²) >= 11 is 1.24. The third-order valence-electron chi connectivity index (χ3n) is 3.92. The van der Waals surface area contributed by atoms with Crippen molar-refractivity contribution in [3.05, 3.63) is 53.9 Å². The number of aryl methyl sites for hydroxylation is 2. The average molecular weight is 368 g/mol. The molecule has 0 bridgehead atoms. The lowest BCUT2D eigenvalue weighted by atomic mass is 10.1. The molecule has 0 radical (unpaired) electrons. The number of anilines is 1. The maximum absolute atomic E-state index is 12.4. The highest BCUT2D eigenvalue weighted by Crippen LogP contribution is 2.23. The minimum absolute atomic E-state index is 0.107. The van der Waals surface area contributed by atoms with E-state index in [1.807, 2.05) is 31.2 Å². The van der Waals surface area contributed by atoms with E-state index in [0.29, 0.717) is 11.0 Å². The number of hydrogen-bond acceptors (Lipinski definition) is 6. The van der Waals surface area contributed by atoms with E-state index in [-0.39, 0.29) is 11.7 Å². The van der Waals surface area contributed by atoms with Gasteiger partial charge in [-0.1, -0.05) is 36.9 Å². The Balaban J connectivity index is 1.67. The molecule has 1 aromatic carbocycles. The number of carbonyl (C=O) groups excluding carboxylic acids is 1. The molecule has 134 valence electrons. The molecule has 0 saturated carbocycles. The van der Waals surface area contributed by atoms with E-state index in [0.717, 1.165) is 28.8 Å². The van der Waals surface area contributed by atoms with Gasteiger partial charge in [0.1, 0.15) is 0 Å². The highest BCUT2D eigenvalue weighted by atomic mass is 32.2. The normalized spacial score (nSPS) is 10.7. The summed E-state index contributed by atoms with van der Waals surface area (Å²) in [5.41, 5.74) is 3.81. The molecule has 7 nitrogen and oxygen atoms in total. The van der Waals surface area contributed by atoms with Crippen molar-refractivity contribution in [2.24, 2.45) is 0 Å². The number of hydrogen-bond donors (Lipinski definition) is 2. The molecule has 0 spiro atoms. The van der Waals surface area contributed by atoms with Crippen LogP contribution >= 0.6 is 11.8 Å². The molecule has 3 rings (SSSR count). The standard InChI is InChI=1S/C18H20N6OS/c1-3-13-7-4-6-12(2)16(13)21-15(25)11-26-18-23-22-17(24(18)19)14-8-5-9-20-10-14/h4-10H,3,11,19H2,1-2H3,(H,21,25). The monoisotopic (exact) mass is 368 g/mol. The first-order valence-electron chi connectivity index (χ1n) is 8.22. The fourth-order valence-corrected chi connectivity index (χ4v) is 3.23. The third-order valence-corrected chi connectivity index (χ3v) is 4.86. The predicted octanol–water partition coefficient (Wildman–Crippen LogP) is 2.66. The lowest BCUT2D eigenvalue weighted by Crippen LogP contribution is -2.17. The number of rotatable bonds is 6. The lowest BCUT2D eigenvalue weighted by molar-refractivity contribution is -0.113. The summed E-state index contributed by atoms with van der Waals surface area (Å²) in [6.45, 7) is 4.05. The SMILES string of the molecule is CCc1cccc(C)c1NC(=O)CSc1nnc(-c2cccnc2)n1N. The highest BCUT2D eigenvalue weighted by Gasteiger charge is 2.15. The Hall–Kier alpha value is -2.87. The van der Waals surface area contributed by atoms with Gasteiger partial charge in [0.25, 0.3) is 0 Å². The van der Waals surface area contributed by atoms with Crippen LogP contribution in [-0.2, 0) is 11.2 Å². The fraction of sp³-hybridized carbons (Fsp3) is 0.222. The number of nitrogens with one attached hydrogen (secondary N) is 1. The smallest absolute Gasteiger partial charge is 0.234 e. The van der Waals surface area contributed by atoms with Crippen molar-refractivity contribution < 1.29 is 4.79 Å². The molecule has 0 aliphatic rings. The van der Waals surface area contributed by atoms with Crippen molar-refractivity contribution in [2.45, 2.75) is 25.4 Å². The minimum atomic E-state index is -0.107. The van der Waals surface area contributed by atoms with Crippen molar-refractivity contribution in [3.8, 4) is 11.4 Å². The van der Waals surface area contributed by atoms with Crippen LogP contribution in [0.3, 0.4) is 0 Å². The van der Waals surface area contributed by atoms with Crippen molar-refractivity contribution in [2.75, 3.05) is 16.9 Å². The molecule has 0 atom stereocenters. The van der Waals surface area contributed by atoms with E-state index < -0.39 is 0 Å². The number of nitrogen functional groups attached to an aromatic ring is 1. The Labute approximate surface area is 156 Å². The van der Waals surface area contributed by atoms with Crippen LogP contribution in [0.1, 0.15) is 18.1 Å². The van der Waals surface area contributed by atoms with Gasteiger partial charge in [-0.05, 0) is 36.6 Å². The first kappa shape index (κ1) is 17.9. The lowest BCUT2D eigenvalue weighted by Gasteiger charge is -2.12. The number of nitrogens with zero attached hydrogens (tertiary/aromatic N) is 4. The molecule has 8 heteroatoms. The summed E-state index contributed by atoms with van der Waals surface area (Å²) in [5, 5.41) is 11.6. The summed E-state index contributed by atoms with van der Waals surface area (Å²) in [6.07, 6.45) is 4.20. The second kappa shape index (κ2) is 8.01. The Kier molecular flexibility index (Phi) is 5.52. The molecule has 0 aliphatic carbocycles. The van der Waals surface area contributed by atoms with Gasteiger partial charge in [-0.15, -0.1) is 10.2 Å². The van der Waals surface area contributed by atoms with Crippen LogP contribution in [0.15, 0.2) is 47.9 Å². The number of carbonyl (C=O) groups is 1. The molecule has 3 N–H and O–H groups in total. The number of pyridine rings is 1. The molecule has 2 heterocycles. The molecule has 0 fully saturated rings. The molecular weight excluding hydrogens is 348 g/mol. The zero-order chi connectivity index (χ0) is 18.5. The predicted molar refractivity (Wildman–Crippen MR) is 103 cm³/mol. The van der Waals surface area contributed by atoms with Gasteiger partial charge in [-0.3, -0.25) is 9.78 Å². The van der Waals surface area contributed by atoms with Crippen molar-refractivity contribution in [3.63, 3.8) is 0 Å². The minimum Gasteiger partial charge on any atom is -0.335 e. The van der Waals surface area contributed by atoms with E-state index >= 15 is 0 Å². The van der Waals surface area contributed by atoms with Crippen LogP contribution in [0.5, 0.6) is 0 Å². The average Bonchev–Trinajstić information content (AvgIpc) is 3.03. The number of benzene rings is 1. The number of aromatic nitrogens is 4. The maximum atomic E-state index is 12.4. The Morgan fingerprint density at radius 3 is 2.85 bits per heavy atom. The molecule has 0 aliphatic heterocycles. The first-order valence-corrected chi connectivity index (χ1v) is 9.20. The largest absolute Gasteiger partial charge is 0.335 e. The second-order valence-corrected chi connectivity index (χ2v) is 6.66. The van der Waals surface area contributed by atoms with Gasteiger partial charge < -0.3 is 11.2 Å². The molecular formula is C18H20N6OS. The molecule has 1 amide bonds. The second-order valence-electron chi connectivity index (χ2n) is 5.72. The topological polar surface area (TPSA) is 98.7 Å². The van der Waals surface area contributed by atoms with Gasteiger partial charge in [0.2, 0.25) is 11.1 Å². The van der Waals surface area contributed by atoms with Crippen molar-refractivity contribution in [1.29, 1.82) is 0 Å². The summed E-state index contributed by atoms with van der Waals surface area (Å²) in [7, 11) is 0. The van der Waals surface area contributed by atoms with Crippen LogP contribution in [0.25, 0.3) is 11.4 Å². The summed E-state index contributed by atoms with van der Waals surface area (Å²) in [4.78, 5) is 16.4. The number of nitrogens with two attached hydrogens (primary N) is 1. The summed E-state index contributed by atoms with van der Waals surface area (Å²) in [5.74, 6) is 6.65. The van der Waals surface area contributed by atoms with Crippen LogP contribution < -0.4 is 11.2 Å². The van der Waals surface area contributed by atoms with Gasteiger partial charge in [0.15, 0.2) is 5.82 Å². The molecule has 2 aromatic heterocycles. The summed E-state index contributed by atoms with van der Waals surface area (Å²) < 4.78 is 1.38. The molecule has 26 heavy (non-hydrogen) atoms. The summed E-state index contributed by atoms with van der Waals surface area (Å²) in [6, 6.07) is 9.66. The Morgan fingerprint density at radius 1 is 1.27 bits per heavy atom. The van der Waals surface area contributed by atoms with Gasteiger partial charge >= 0.3 is 0 Å². The van der Waals surface area contributed by atoms with Gasteiger partial charge in [-0.25, -0.2) is 4.68 Å². The zero-order valence-corrected chi connectivity index (χ0v) is 15.5. The number of para-hydroxylation sites is 1. The van der Waals surface area contributed by atoms with E-state index in [1.54, 1.807) is 18.5 Å². The molecule has 3 aromatic rings. The van der Waals surface area contributed by atoms with Crippen LogP contribution in [0.4, 0.5) is 5.69 Å². The van der Waals surface area contributed by atoms with Crippen molar-refractivity contribution in [1.82, 2.24) is 19.9 Å². The van der Waals surface area contributed by atoms with Gasteiger partial charge in [0.05, 0.1) is 5.75 Å². The zero-order valence-electron chi connectivity index (χ0n) is 14.6. The maximum Gasteiger partial charge on any atom is 0.234 e. The Bertz CT molecular complexity index is 909. The number of amides is 1. The van der Waals surface area contributed by atoms with Crippen LogP contribution in [0, 0.1) is 6.92 Å². The quantitative estimate of drug-likeness (QED) is 0.513. The van der Waals surface area contributed by atoms with Crippen molar-refractivity contribution >= 4 is 23.4 Å². The first-order chi connectivity index (χ1) is 12.6. The molecule has 0 saturated heterocycles. The Morgan fingerprint density at radius 2 is 2.12 bits per heavy atom. The number of thioether (sulfide) groups is 1. The highest BCUT2D eigenvalue weighted by molar-refractivity contribution is 7.99. The van der Waals surface area contributed by atoms with Gasteiger partial charge in [0, 0.05) is 23.6 Å². The third kappa shape index (κ3) is 3.85. The van der Waals surface area contributed by atoms with Crippen LogP contribution in [0.2, 0.25) is 0 Å². The van der Waals surface area contributed by atoms with E-state index in [9.17, 15) is 4.79 Å². The molecule has 0 unspecified atom stereocenters. The van der Waals surface area contributed by atoms with Gasteiger partial charge in [-0.2, -0.15) is 0 Å². The van der Waals surface area contributed by atoms with E-state index in [4.69, 9.17) is 5.84 Å².